The predicted molar refractivity (Wildman–Crippen MR) is 206 cm³/mol. The van der Waals surface area contributed by atoms with E-state index in [0.717, 1.165) is 0 Å². The van der Waals surface area contributed by atoms with Crippen LogP contribution in [-0.4, -0.2) is 0 Å². The van der Waals surface area contributed by atoms with Gasteiger partial charge in [0.25, 0.3) is 0 Å². The molecule has 0 radical (unpaired) electrons. The standard InChI is InChI=1S/C49H30/c1-2-15-33(32(14-1)31-28-29-38-36-18-4-3-16-34(36)35-17-5-6-19-37(35)43(38)30-31)41-23-13-27-47-48(41)42-22-9-12-26-46(42)49(47)44-24-10-7-20-39(44)40-21-8-11-25-45(40)49/h1-30H/i1D,2D,3D,4D,5D,6D,7D,8D,9D,10D,11D,12D,13D,14D,15D,16D,17D,18D,19D,20D,21D,22D,23D,24D,25D,26D,27D,28D,29D,30D. The van der Waals surface area contributed by atoms with E-state index in [1.54, 1.807) is 0 Å². The molecule has 0 saturated heterocycles. The Morgan fingerprint density at radius 1 is 0.286 bits per heavy atom. The van der Waals surface area contributed by atoms with Crippen molar-refractivity contribution in [2.45, 2.75) is 5.41 Å². The van der Waals surface area contributed by atoms with Crippen LogP contribution in [0.25, 0.3) is 76.8 Å². The van der Waals surface area contributed by atoms with Crippen LogP contribution in [0, 0.1) is 0 Å². The lowest BCUT2D eigenvalue weighted by Crippen LogP contribution is -2.25. The van der Waals surface area contributed by atoms with Crippen LogP contribution >= 0.6 is 0 Å². The first-order valence-corrected chi connectivity index (χ1v) is 14.8. The molecular weight excluding hydrogens is 589 g/mol. The first-order valence-electron chi connectivity index (χ1n) is 29.8. The highest BCUT2D eigenvalue weighted by Crippen LogP contribution is 2.64. The summed E-state index contributed by atoms with van der Waals surface area (Å²) < 4.78 is 276. The molecule has 0 heterocycles. The summed E-state index contributed by atoms with van der Waals surface area (Å²) in [6, 6.07) is -29.5. The molecule has 0 nitrogen and oxygen atoms in total. The second kappa shape index (κ2) is 9.89. The van der Waals surface area contributed by atoms with Gasteiger partial charge in [0.05, 0.1) is 46.5 Å². The van der Waals surface area contributed by atoms with Gasteiger partial charge in [0.1, 0.15) is 0 Å². The molecule has 0 N–H and O–H groups in total. The van der Waals surface area contributed by atoms with Crippen LogP contribution in [0.4, 0.5) is 0 Å². The van der Waals surface area contributed by atoms with Crippen molar-refractivity contribution in [1.29, 1.82) is 0 Å². The Balaban J connectivity index is 1.45. The van der Waals surface area contributed by atoms with Gasteiger partial charge in [-0.25, -0.2) is 0 Å². The maximum absolute atomic E-state index is 10.0. The lowest BCUT2D eigenvalue weighted by molar-refractivity contribution is 0.794. The summed E-state index contributed by atoms with van der Waals surface area (Å²) in [4.78, 5) is 0. The van der Waals surface area contributed by atoms with Crippen molar-refractivity contribution in [3.8, 4) is 44.5 Å². The van der Waals surface area contributed by atoms with Gasteiger partial charge in [0.2, 0.25) is 0 Å². The maximum atomic E-state index is 10.0. The normalized spacial score (nSPS) is 22.0. The van der Waals surface area contributed by atoms with Crippen molar-refractivity contribution >= 4 is 32.3 Å². The van der Waals surface area contributed by atoms with Crippen LogP contribution in [-0.2, 0) is 5.41 Å². The second-order valence-corrected chi connectivity index (χ2v) is 11.2. The van der Waals surface area contributed by atoms with Crippen LogP contribution in [0.15, 0.2) is 181 Å². The molecule has 0 unspecified atom stereocenters. The molecule has 0 fully saturated rings. The van der Waals surface area contributed by atoms with Gasteiger partial charge in [0, 0.05) is 0 Å². The number of fused-ring (bicyclic) bond motifs is 16. The van der Waals surface area contributed by atoms with Crippen LogP contribution < -0.4 is 0 Å². The van der Waals surface area contributed by atoms with Crippen molar-refractivity contribution in [3.63, 3.8) is 0 Å². The SMILES string of the molecule is [2H]c1c([2H])c([2H])c(-c2c([2H])c([2H])c3c4c([2H])c([2H])c([2H])c([2H])c4c4c([2H])c([2H])c([2H])c([2H])c4c3c2[2H])c(-c2c([2H])c([2H])c([2H])c3c2-c2c([2H])c([2H])c([2H])c([2H])c2C32c3c([2H])c([2H])c([2H])c([2H])c3-c3c([2H])c([2H])c([2H])c([2H])c32)c1[2H]. The van der Waals surface area contributed by atoms with Crippen LogP contribution in [0.1, 0.15) is 63.4 Å². The van der Waals surface area contributed by atoms with E-state index in [-0.39, 0.29) is 0 Å². The number of hydrogen-bond donors (Lipinski definition) is 0. The lowest BCUT2D eigenvalue weighted by Gasteiger charge is -2.30. The monoisotopic (exact) mass is 648 g/mol. The van der Waals surface area contributed by atoms with Gasteiger partial charge in [-0.3, -0.25) is 0 Å². The molecule has 226 valence electrons. The number of benzene rings is 9. The van der Waals surface area contributed by atoms with Crippen molar-refractivity contribution in [2.24, 2.45) is 0 Å². The fourth-order valence-corrected chi connectivity index (χ4v) is 7.19. The highest BCUT2D eigenvalue weighted by molar-refractivity contribution is 6.25. The average Bonchev–Trinajstić information content (AvgIpc) is 1.75. The Morgan fingerprint density at radius 3 is 1.31 bits per heavy atom. The highest BCUT2D eigenvalue weighted by Gasteiger charge is 2.51. The molecule has 1 spiro atoms. The van der Waals surface area contributed by atoms with Crippen LogP contribution in [0.5, 0.6) is 0 Å². The second-order valence-electron chi connectivity index (χ2n) is 11.2. The van der Waals surface area contributed by atoms with E-state index < -0.39 is 286 Å². The minimum atomic E-state index is -2.89. The topological polar surface area (TPSA) is 0 Å². The van der Waals surface area contributed by atoms with Crippen LogP contribution in [0.3, 0.4) is 0 Å². The smallest absolute Gasteiger partial charge is 0.0619 e. The molecule has 0 bridgehead atoms. The molecule has 9 aromatic rings. The van der Waals surface area contributed by atoms with E-state index >= 15 is 0 Å². The Bertz CT molecular complexity index is 4430. The third kappa shape index (κ3) is 3.43. The summed E-state index contributed by atoms with van der Waals surface area (Å²) >= 11 is 0. The van der Waals surface area contributed by atoms with E-state index in [1.807, 2.05) is 0 Å². The van der Waals surface area contributed by atoms with Gasteiger partial charge >= 0.3 is 0 Å². The average molecular weight is 649 g/mol. The van der Waals surface area contributed by atoms with Gasteiger partial charge < -0.3 is 0 Å². The molecule has 0 saturated carbocycles. The highest BCUT2D eigenvalue weighted by atomic mass is 14.5. The summed E-state index contributed by atoms with van der Waals surface area (Å²) in [5.74, 6) is 0. The van der Waals surface area contributed by atoms with E-state index in [9.17, 15) is 20.6 Å². The Morgan fingerprint density at radius 2 is 0.694 bits per heavy atom. The van der Waals surface area contributed by atoms with Crippen molar-refractivity contribution in [3.05, 3.63) is 204 Å². The van der Waals surface area contributed by atoms with E-state index in [0.29, 0.717) is 0 Å². The summed E-state index contributed by atoms with van der Waals surface area (Å²) in [5, 5.41) is -3.55. The Labute approximate surface area is 327 Å². The molecule has 2 aliphatic carbocycles. The molecule has 0 atom stereocenters. The first-order chi connectivity index (χ1) is 36.8. The van der Waals surface area contributed by atoms with Gasteiger partial charge in [-0.05, 0) is 105 Å². The minimum absolute atomic E-state index is 0.516. The molecule has 2 aliphatic rings. The zero-order valence-electron chi connectivity index (χ0n) is 54.5. The largest absolute Gasteiger partial charge is 0.0725 e. The molecule has 0 aliphatic heterocycles. The minimum Gasteiger partial charge on any atom is -0.0619 e. The molecule has 9 aromatic carbocycles. The Kier molecular flexibility index (Phi) is 2.20. The Hall–Kier alpha value is -6.24. The zero-order chi connectivity index (χ0) is 58.2. The molecule has 0 aromatic heterocycles. The van der Waals surface area contributed by atoms with Gasteiger partial charge in [-0.1, -0.05) is 175 Å². The molecular formula is C49H30. The molecule has 11 rings (SSSR count). The third-order valence-electron chi connectivity index (χ3n) is 9.06. The lowest BCUT2D eigenvalue weighted by atomic mass is 9.70. The maximum Gasteiger partial charge on any atom is 0.0725 e. The molecule has 49 heavy (non-hydrogen) atoms. The first kappa shape index (κ1) is 10.9. The van der Waals surface area contributed by atoms with Crippen molar-refractivity contribution < 1.29 is 41.1 Å². The third-order valence-corrected chi connectivity index (χ3v) is 9.06. The fourth-order valence-electron chi connectivity index (χ4n) is 7.19. The summed E-state index contributed by atoms with van der Waals surface area (Å²) in [5.41, 5.74) is -12.1. The number of hydrogen-bond acceptors (Lipinski definition) is 0. The fraction of sp³-hybridized carbons (Fsp3) is 0.0204. The predicted octanol–water partition coefficient (Wildman–Crippen LogP) is 12.8. The van der Waals surface area contributed by atoms with Crippen molar-refractivity contribution in [2.75, 3.05) is 0 Å². The van der Waals surface area contributed by atoms with E-state index in [1.165, 1.54) is 0 Å². The molecule has 0 heteroatoms. The van der Waals surface area contributed by atoms with Gasteiger partial charge in [-0.15, -0.1) is 0 Å². The molecule has 0 amide bonds. The summed E-state index contributed by atoms with van der Waals surface area (Å²) in [6.45, 7) is 0. The van der Waals surface area contributed by atoms with Gasteiger partial charge in [0.15, 0.2) is 0 Å². The van der Waals surface area contributed by atoms with E-state index in [4.69, 9.17) is 20.6 Å². The van der Waals surface area contributed by atoms with E-state index in [2.05, 4.69) is 0 Å². The zero-order valence-corrected chi connectivity index (χ0v) is 24.5. The summed E-state index contributed by atoms with van der Waals surface area (Å²) in [7, 11) is 0. The van der Waals surface area contributed by atoms with Gasteiger partial charge in [-0.2, -0.15) is 0 Å². The van der Waals surface area contributed by atoms with Crippen molar-refractivity contribution in [1.82, 2.24) is 0 Å². The number of rotatable bonds is 2. The quantitative estimate of drug-likeness (QED) is 0.164. The van der Waals surface area contributed by atoms with Crippen LogP contribution in [0.2, 0.25) is 0 Å². The summed E-state index contributed by atoms with van der Waals surface area (Å²) in [6.07, 6.45) is 0.